The SMILES string of the molecule is Cc1ccc2c(OC(C)c3ccccc3)ccc(-c3ccccc3)c2c1. The number of rotatable bonds is 4. The molecule has 0 aliphatic heterocycles. The van der Waals surface area contributed by atoms with Crippen LogP contribution in [0.1, 0.15) is 24.2 Å². The maximum Gasteiger partial charge on any atom is 0.128 e. The summed E-state index contributed by atoms with van der Waals surface area (Å²) in [4.78, 5) is 0. The van der Waals surface area contributed by atoms with Gasteiger partial charge in [0, 0.05) is 5.39 Å². The molecule has 0 heterocycles. The maximum atomic E-state index is 6.34. The molecular formula is C25H22O. The molecule has 0 amide bonds. The number of fused-ring (bicyclic) bond motifs is 1. The Morgan fingerprint density at radius 2 is 1.38 bits per heavy atom. The van der Waals surface area contributed by atoms with Gasteiger partial charge in [-0.05, 0) is 42.0 Å². The van der Waals surface area contributed by atoms with Gasteiger partial charge in [0.05, 0.1) is 0 Å². The highest BCUT2D eigenvalue weighted by Crippen LogP contribution is 2.36. The highest BCUT2D eigenvalue weighted by Gasteiger charge is 2.12. The first-order chi connectivity index (χ1) is 12.7. The van der Waals surface area contributed by atoms with E-state index in [0.717, 1.165) is 11.1 Å². The summed E-state index contributed by atoms with van der Waals surface area (Å²) in [6, 6.07) is 31.7. The summed E-state index contributed by atoms with van der Waals surface area (Å²) in [5.74, 6) is 0.927. The lowest BCUT2D eigenvalue weighted by atomic mass is 9.96. The Morgan fingerprint density at radius 1 is 0.692 bits per heavy atom. The van der Waals surface area contributed by atoms with Crippen LogP contribution >= 0.6 is 0 Å². The summed E-state index contributed by atoms with van der Waals surface area (Å²) in [7, 11) is 0. The molecule has 1 heteroatoms. The van der Waals surface area contributed by atoms with Crippen LogP contribution in [0, 0.1) is 6.92 Å². The predicted molar refractivity (Wildman–Crippen MR) is 110 cm³/mol. The van der Waals surface area contributed by atoms with Crippen molar-refractivity contribution in [3.05, 3.63) is 102 Å². The molecule has 1 nitrogen and oxygen atoms in total. The molecular weight excluding hydrogens is 316 g/mol. The van der Waals surface area contributed by atoms with E-state index < -0.39 is 0 Å². The number of hydrogen-bond donors (Lipinski definition) is 0. The minimum Gasteiger partial charge on any atom is -0.485 e. The van der Waals surface area contributed by atoms with Crippen molar-refractivity contribution in [2.45, 2.75) is 20.0 Å². The molecule has 0 N–H and O–H groups in total. The molecule has 1 atom stereocenters. The van der Waals surface area contributed by atoms with Crippen LogP contribution in [0.4, 0.5) is 0 Å². The van der Waals surface area contributed by atoms with Crippen LogP contribution in [0.2, 0.25) is 0 Å². The van der Waals surface area contributed by atoms with Crippen LogP contribution in [-0.4, -0.2) is 0 Å². The molecule has 0 fully saturated rings. The van der Waals surface area contributed by atoms with E-state index in [1.54, 1.807) is 0 Å². The fourth-order valence-corrected chi connectivity index (χ4v) is 3.39. The van der Waals surface area contributed by atoms with Crippen LogP contribution in [0.15, 0.2) is 91.0 Å². The first-order valence-electron chi connectivity index (χ1n) is 9.03. The van der Waals surface area contributed by atoms with E-state index in [1.165, 1.54) is 27.6 Å². The van der Waals surface area contributed by atoms with E-state index in [9.17, 15) is 0 Å². The van der Waals surface area contributed by atoms with Crippen molar-refractivity contribution < 1.29 is 4.74 Å². The summed E-state index contributed by atoms with van der Waals surface area (Å²) >= 11 is 0. The topological polar surface area (TPSA) is 9.23 Å². The van der Waals surface area contributed by atoms with Gasteiger partial charge in [-0.1, -0.05) is 90.5 Å². The third-order valence-electron chi connectivity index (χ3n) is 4.79. The van der Waals surface area contributed by atoms with Crippen molar-refractivity contribution in [3.63, 3.8) is 0 Å². The first kappa shape index (κ1) is 16.4. The molecule has 0 bridgehead atoms. The third kappa shape index (κ3) is 3.21. The van der Waals surface area contributed by atoms with Gasteiger partial charge in [-0.3, -0.25) is 0 Å². The second-order valence-corrected chi connectivity index (χ2v) is 6.70. The fourth-order valence-electron chi connectivity index (χ4n) is 3.39. The second-order valence-electron chi connectivity index (χ2n) is 6.70. The van der Waals surface area contributed by atoms with Gasteiger partial charge in [-0.2, -0.15) is 0 Å². The van der Waals surface area contributed by atoms with Crippen LogP contribution in [0.5, 0.6) is 5.75 Å². The molecule has 0 aliphatic carbocycles. The van der Waals surface area contributed by atoms with Gasteiger partial charge in [-0.15, -0.1) is 0 Å². The monoisotopic (exact) mass is 338 g/mol. The normalized spacial score (nSPS) is 12.1. The molecule has 0 aliphatic rings. The van der Waals surface area contributed by atoms with Crippen molar-refractivity contribution >= 4 is 10.8 Å². The Labute approximate surface area is 154 Å². The molecule has 4 rings (SSSR count). The molecule has 4 aromatic rings. The lowest BCUT2D eigenvalue weighted by molar-refractivity contribution is 0.230. The van der Waals surface area contributed by atoms with E-state index in [1.807, 2.05) is 6.07 Å². The summed E-state index contributed by atoms with van der Waals surface area (Å²) in [6.45, 7) is 4.23. The van der Waals surface area contributed by atoms with E-state index in [0.29, 0.717) is 0 Å². The van der Waals surface area contributed by atoms with Gasteiger partial charge in [0.25, 0.3) is 0 Å². The fraction of sp³-hybridized carbons (Fsp3) is 0.120. The lowest BCUT2D eigenvalue weighted by Gasteiger charge is -2.18. The number of ether oxygens (including phenoxy) is 1. The molecule has 0 aromatic heterocycles. The molecule has 0 radical (unpaired) electrons. The second kappa shape index (κ2) is 7.05. The Bertz CT molecular complexity index is 1020. The van der Waals surface area contributed by atoms with Gasteiger partial charge >= 0.3 is 0 Å². The van der Waals surface area contributed by atoms with E-state index in [2.05, 4.69) is 98.8 Å². The largest absolute Gasteiger partial charge is 0.485 e. The number of aryl methyl sites for hydroxylation is 1. The van der Waals surface area contributed by atoms with Crippen molar-refractivity contribution in [2.75, 3.05) is 0 Å². The molecule has 0 spiro atoms. The van der Waals surface area contributed by atoms with Gasteiger partial charge < -0.3 is 4.74 Å². The van der Waals surface area contributed by atoms with Crippen LogP contribution < -0.4 is 4.74 Å². The van der Waals surface area contributed by atoms with Gasteiger partial charge in [0.1, 0.15) is 11.9 Å². The van der Waals surface area contributed by atoms with E-state index in [-0.39, 0.29) is 6.10 Å². The summed E-state index contributed by atoms with van der Waals surface area (Å²) in [5.41, 5.74) is 4.90. The summed E-state index contributed by atoms with van der Waals surface area (Å²) in [6.07, 6.45) is 0.00304. The minimum absolute atomic E-state index is 0.00304. The summed E-state index contributed by atoms with van der Waals surface area (Å²) < 4.78 is 6.34. The highest BCUT2D eigenvalue weighted by molar-refractivity contribution is 6.00. The molecule has 26 heavy (non-hydrogen) atoms. The van der Waals surface area contributed by atoms with Crippen molar-refractivity contribution in [3.8, 4) is 16.9 Å². The molecule has 4 aromatic carbocycles. The molecule has 0 saturated carbocycles. The van der Waals surface area contributed by atoms with Crippen LogP contribution in [0.3, 0.4) is 0 Å². The minimum atomic E-state index is 0.00304. The summed E-state index contributed by atoms with van der Waals surface area (Å²) in [5, 5.41) is 2.38. The Kier molecular flexibility index (Phi) is 4.45. The smallest absolute Gasteiger partial charge is 0.128 e. The quantitative estimate of drug-likeness (QED) is 0.391. The van der Waals surface area contributed by atoms with Gasteiger partial charge in [-0.25, -0.2) is 0 Å². The van der Waals surface area contributed by atoms with Crippen LogP contribution in [0.25, 0.3) is 21.9 Å². The first-order valence-corrected chi connectivity index (χ1v) is 9.03. The molecule has 1 unspecified atom stereocenters. The Morgan fingerprint density at radius 3 is 2.12 bits per heavy atom. The van der Waals surface area contributed by atoms with Crippen molar-refractivity contribution in [1.29, 1.82) is 0 Å². The highest BCUT2D eigenvalue weighted by atomic mass is 16.5. The van der Waals surface area contributed by atoms with Crippen molar-refractivity contribution in [1.82, 2.24) is 0 Å². The van der Waals surface area contributed by atoms with Gasteiger partial charge in [0.2, 0.25) is 0 Å². The Balaban J connectivity index is 1.80. The zero-order valence-electron chi connectivity index (χ0n) is 15.1. The van der Waals surface area contributed by atoms with Gasteiger partial charge in [0.15, 0.2) is 0 Å². The lowest BCUT2D eigenvalue weighted by Crippen LogP contribution is -2.03. The van der Waals surface area contributed by atoms with E-state index >= 15 is 0 Å². The average Bonchev–Trinajstić information content (AvgIpc) is 2.69. The number of hydrogen-bond acceptors (Lipinski definition) is 1. The zero-order valence-corrected chi connectivity index (χ0v) is 15.1. The molecule has 128 valence electrons. The zero-order chi connectivity index (χ0) is 17.9. The van der Waals surface area contributed by atoms with Crippen molar-refractivity contribution in [2.24, 2.45) is 0 Å². The Hall–Kier alpha value is -3.06. The van der Waals surface area contributed by atoms with E-state index in [4.69, 9.17) is 4.74 Å². The average molecular weight is 338 g/mol. The molecule has 0 saturated heterocycles. The van der Waals surface area contributed by atoms with Crippen LogP contribution in [-0.2, 0) is 0 Å². The standard InChI is InChI=1S/C25H22O/c1-18-13-14-23-24(17-18)22(21-11-7-4-8-12-21)15-16-25(23)26-19(2)20-9-5-3-6-10-20/h3-17,19H,1-2H3. The predicted octanol–water partition coefficient (Wildman–Crippen LogP) is 6.96. The third-order valence-corrected chi connectivity index (χ3v) is 4.79. The number of benzene rings is 4. The maximum absolute atomic E-state index is 6.34.